The highest BCUT2D eigenvalue weighted by Crippen LogP contribution is 2.20. The van der Waals surface area contributed by atoms with Crippen LogP contribution in [0, 0.1) is 6.92 Å². The van der Waals surface area contributed by atoms with Crippen LogP contribution in [0.2, 0.25) is 0 Å². The number of rotatable bonds is 3. The fraction of sp³-hybridized carbons (Fsp3) is 0.417. The highest BCUT2D eigenvalue weighted by atomic mass is 16.5. The number of aryl methyl sites for hydroxylation is 1. The molecule has 10 heteroatoms. The van der Waals surface area contributed by atoms with Gasteiger partial charge < -0.3 is 14.5 Å². The van der Waals surface area contributed by atoms with E-state index in [4.69, 9.17) is 4.74 Å². The van der Waals surface area contributed by atoms with Gasteiger partial charge >= 0.3 is 0 Å². The van der Waals surface area contributed by atoms with Crippen molar-refractivity contribution in [2.45, 2.75) is 40.0 Å². The van der Waals surface area contributed by atoms with Crippen molar-refractivity contribution in [2.24, 2.45) is 9.98 Å². The molecule has 4 rings (SSSR count). The zero-order valence-corrected chi connectivity index (χ0v) is 20.4. The summed E-state index contributed by atoms with van der Waals surface area (Å²) in [5.41, 5.74) is 1.88. The molecule has 0 unspecified atom stereocenters. The van der Waals surface area contributed by atoms with Crippen molar-refractivity contribution in [3.8, 4) is 5.82 Å². The summed E-state index contributed by atoms with van der Waals surface area (Å²) in [6.45, 7) is 19.8. The fourth-order valence-corrected chi connectivity index (χ4v) is 3.65. The van der Waals surface area contributed by atoms with Gasteiger partial charge in [0.15, 0.2) is 23.2 Å². The molecule has 10 nitrogen and oxygen atoms in total. The molecule has 0 atom stereocenters. The summed E-state index contributed by atoms with van der Waals surface area (Å²) in [6, 6.07) is 2.31. The molecule has 0 spiro atoms. The van der Waals surface area contributed by atoms with Crippen molar-refractivity contribution >= 4 is 17.8 Å². The molecule has 0 radical (unpaired) electrons. The van der Waals surface area contributed by atoms with Crippen molar-refractivity contribution in [2.75, 3.05) is 26.2 Å². The van der Waals surface area contributed by atoms with Crippen LogP contribution in [0.1, 0.15) is 49.4 Å². The number of piperazine rings is 1. The van der Waals surface area contributed by atoms with Crippen LogP contribution in [-0.4, -0.2) is 73.5 Å². The SMILES string of the molecule is C=C(C)N=C1N=C(N2CCN(C(=O)c3cnc(-n4cnc(C(C)(C)C)n4)c(C)c3)CC2)OC1=C. The molecular formula is C24H30N8O2. The summed E-state index contributed by atoms with van der Waals surface area (Å²) in [7, 11) is 0. The number of amidine groups is 2. The first kappa shape index (κ1) is 23.3. The third kappa shape index (κ3) is 4.75. The molecule has 2 aliphatic heterocycles. The Morgan fingerprint density at radius 3 is 2.47 bits per heavy atom. The molecule has 0 N–H and O–H groups in total. The molecule has 1 saturated heterocycles. The molecular weight excluding hydrogens is 432 g/mol. The Kier molecular flexibility index (Phi) is 6.07. The number of carbonyl (C=O) groups is 1. The van der Waals surface area contributed by atoms with E-state index >= 15 is 0 Å². The van der Waals surface area contributed by atoms with Crippen LogP contribution in [0.3, 0.4) is 0 Å². The standard InChI is InChI=1S/C24H30N8O2/c1-15(2)27-19-17(4)34-23(28-19)31-10-8-30(9-11-31)21(33)18-12-16(3)20(25-13-18)32-14-26-22(29-32)24(5,6)7/h12-14H,1,4,8-11H2,2-3,5-7H3. The molecule has 0 bridgehead atoms. The largest absolute Gasteiger partial charge is 0.422 e. The number of pyridine rings is 1. The van der Waals surface area contributed by atoms with Crippen molar-refractivity contribution in [3.05, 3.63) is 60.2 Å². The quantitative estimate of drug-likeness (QED) is 0.695. The summed E-state index contributed by atoms with van der Waals surface area (Å²) in [5, 5.41) is 4.55. The minimum atomic E-state index is -0.154. The fourth-order valence-electron chi connectivity index (χ4n) is 3.65. The second-order valence-corrected chi connectivity index (χ2v) is 9.50. The second-order valence-electron chi connectivity index (χ2n) is 9.50. The molecule has 34 heavy (non-hydrogen) atoms. The van der Waals surface area contributed by atoms with Gasteiger partial charge in [0.2, 0.25) is 0 Å². The Bertz CT molecular complexity index is 1210. The highest BCUT2D eigenvalue weighted by molar-refractivity contribution is 6.09. The van der Waals surface area contributed by atoms with E-state index < -0.39 is 0 Å². The van der Waals surface area contributed by atoms with E-state index in [1.807, 2.05) is 22.8 Å². The first-order valence-corrected chi connectivity index (χ1v) is 11.2. The Morgan fingerprint density at radius 1 is 1.18 bits per heavy atom. The second kappa shape index (κ2) is 8.85. The van der Waals surface area contributed by atoms with E-state index in [0.29, 0.717) is 60.9 Å². The minimum Gasteiger partial charge on any atom is -0.422 e. The van der Waals surface area contributed by atoms with Gasteiger partial charge in [-0.3, -0.25) is 4.79 Å². The van der Waals surface area contributed by atoms with Crippen molar-refractivity contribution in [3.63, 3.8) is 0 Å². The normalized spacial score (nSPS) is 17.7. The number of carbonyl (C=O) groups excluding carboxylic acids is 1. The number of hydrogen-bond acceptors (Lipinski definition) is 7. The summed E-state index contributed by atoms with van der Waals surface area (Å²) in [4.78, 5) is 34.5. The molecule has 0 aliphatic carbocycles. The van der Waals surface area contributed by atoms with E-state index in [1.54, 1.807) is 24.1 Å². The Balaban J connectivity index is 1.42. The molecule has 0 saturated carbocycles. The molecule has 2 aromatic rings. The third-order valence-corrected chi connectivity index (χ3v) is 5.48. The number of nitrogens with zero attached hydrogens (tertiary/aromatic N) is 8. The molecule has 2 aromatic heterocycles. The number of aliphatic imine (C=N–C) groups is 2. The van der Waals surface area contributed by atoms with Gasteiger partial charge in [0.05, 0.1) is 5.56 Å². The van der Waals surface area contributed by atoms with Gasteiger partial charge in [-0.2, -0.15) is 4.99 Å². The first-order valence-electron chi connectivity index (χ1n) is 11.2. The lowest BCUT2D eigenvalue weighted by molar-refractivity contribution is 0.0678. The van der Waals surface area contributed by atoms with Crippen LogP contribution in [0.15, 0.2) is 53.2 Å². The van der Waals surface area contributed by atoms with Gasteiger partial charge in [0.1, 0.15) is 6.33 Å². The van der Waals surface area contributed by atoms with E-state index in [2.05, 4.69) is 59.0 Å². The Morgan fingerprint density at radius 2 is 1.88 bits per heavy atom. The Labute approximate surface area is 199 Å². The van der Waals surface area contributed by atoms with Crippen molar-refractivity contribution < 1.29 is 9.53 Å². The van der Waals surface area contributed by atoms with Gasteiger partial charge in [0, 0.05) is 43.5 Å². The van der Waals surface area contributed by atoms with Crippen LogP contribution in [0.25, 0.3) is 5.82 Å². The summed E-state index contributed by atoms with van der Waals surface area (Å²) >= 11 is 0. The summed E-state index contributed by atoms with van der Waals surface area (Å²) in [6.07, 6.45) is 3.26. The van der Waals surface area contributed by atoms with E-state index in [0.717, 1.165) is 11.4 Å². The third-order valence-electron chi connectivity index (χ3n) is 5.48. The molecule has 2 aliphatic rings. The van der Waals surface area contributed by atoms with Crippen LogP contribution in [0.4, 0.5) is 0 Å². The topological polar surface area (TPSA) is 101 Å². The monoisotopic (exact) mass is 462 g/mol. The lowest BCUT2D eigenvalue weighted by Crippen LogP contribution is -2.50. The maximum Gasteiger partial charge on any atom is 0.300 e. The average molecular weight is 463 g/mol. The van der Waals surface area contributed by atoms with Crippen LogP contribution in [0.5, 0.6) is 0 Å². The van der Waals surface area contributed by atoms with E-state index in [9.17, 15) is 4.79 Å². The molecule has 0 aromatic carbocycles. The van der Waals surface area contributed by atoms with Gasteiger partial charge in [0.25, 0.3) is 11.9 Å². The molecule has 178 valence electrons. The number of amides is 1. The average Bonchev–Trinajstić information content (AvgIpc) is 3.40. The first-order chi connectivity index (χ1) is 16.0. The van der Waals surface area contributed by atoms with Gasteiger partial charge in [-0.15, -0.1) is 5.10 Å². The maximum absolute atomic E-state index is 13.1. The lowest BCUT2D eigenvalue weighted by atomic mass is 9.96. The lowest BCUT2D eigenvalue weighted by Gasteiger charge is -2.34. The minimum absolute atomic E-state index is 0.0565. The smallest absolute Gasteiger partial charge is 0.300 e. The predicted octanol–water partition coefficient (Wildman–Crippen LogP) is 2.86. The van der Waals surface area contributed by atoms with Gasteiger partial charge in [-0.25, -0.2) is 19.6 Å². The van der Waals surface area contributed by atoms with Gasteiger partial charge in [-0.05, 0) is 25.5 Å². The van der Waals surface area contributed by atoms with E-state index in [1.165, 1.54) is 0 Å². The number of allylic oxidation sites excluding steroid dienone is 1. The highest BCUT2D eigenvalue weighted by Gasteiger charge is 2.29. The predicted molar refractivity (Wildman–Crippen MR) is 130 cm³/mol. The molecule has 1 amide bonds. The van der Waals surface area contributed by atoms with Crippen LogP contribution < -0.4 is 0 Å². The number of hydrogen-bond donors (Lipinski definition) is 0. The number of ether oxygens (including phenoxy) is 1. The zero-order valence-electron chi connectivity index (χ0n) is 20.4. The number of aromatic nitrogens is 4. The maximum atomic E-state index is 13.1. The molecule has 4 heterocycles. The van der Waals surface area contributed by atoms with Crippen LogP contribution in [-0.2, 0) is 10.2 Å². The van der Waals surface area contributed by atoms with E-state index in [-0.39, 0.29) is 11.3 Å². The van der Waals surface area contributed by atoms with Gasteiger partial charge in [-0.1, -0.05) is 33.9 Å². The summed E-state index contributed by atoms with van der Waals surface area (Å²) in [5.74, 6) is 2.18. The van der Waals surface area contributed by atoms with Crippen molar-refractivity contribution in [1.29, 1.82) is 0 Å². The van der Waals surface area contributed by atoms with Crippen molar-refractivity contribution in [1.82, 2.24) is 29.5 Å². The zero-order chi connectivity index (χ0) is 24.6. The Hall–Kier alpha value is -3.82. The van der Waals surface area contributed by atoms with Crippen LogP contribution >= 0.6 is 0 Å². The molecule has 1 fully saturated rings. The summed E-state index contributed by atoms with van der Waals surface area (Å²) < 4.78 is 7.33.